The molecule has 16 heavy (non-hydrogen) atoms. The molecule has 2 heterocycles. The van der Waals surface area contributed by atoms with Crippen molar-refractivity contribution < 1.29 is 4.74 Å². The first-order valence-electron chi connectivity index (χ1n) is 5.89. The molecule has 3 nitrogen and oxygen atoms in total. The Hall–Kier alpha value is -0.420. The number of nitrogens with one attached hydrogen (secondary N) is 1. The summed E-state index contributed by atoms with van der Waals surface area (Å²) >= 11 is 1.81. The van der Waals surface area contributed by atoms with Gasteiger partial charge in [-0.05, 0) is 36.8 Å². The standard InChI is InChI=1S/C12H20N2OS/c1-9-4-5-16-12(9)8-14-7-11-3-2-10(6-13)15-11/h4-5,10-11,14H,2-3,6-8,13H2,1H3. The number of nitrogens with two attached hydrogens (primary N) is 1. The summed E-state index contributed by atoms with van der Waals surface area (Å²) in [6.45, 7) is 4.70. The lowest BCUT2D eigenvalue weighted by molar-refractivity contribution is 0.0504. The molecule has 1 saturated heterocycles. The number of rotatable bonds is 5. The summed E-state index contributed by atoms with van der Waals surface area (Å²) in [6.07, 6.45) is 2.89. The van der Waals surface area contributed by atoms with Crippen LogP contribution < -0.4 is 11.1 Å². The molecule has 0 saturated carbocycles. The Kier molecular flexibility index (Phi) is 4.35. The molecule has 4 heteroatoms. The van der Waals surface area contributed by atoms with E-state index < -0.39 is 0 Å². The van der Waals surface area contributed by atoms with Crippen LogP contribution in [0.4, 0.5) is 0 Å². The summed E-state index contributed by atoms with van der Waals surface area (Å²) < 4.78 is 5.78. The number of thiophene rings is 1. The van der Waals surface area contributed by atoms with Crippen LogP contribution in [-0.2, 0) is 11.3 Å². The van der Waals surface area contributed by atoms with Crippen molar-refractivity contribution in [2.75, 3.05) is 13.1 Å². The maximum Gasteiger partial charge on any atom is 0.0704 e. The molecule has 1 aliphatic rings. The summed E-state index contributed by atoms with van der Waals surface area (Å²) in [5, 5.41) is 5.60. The normalized spacial score (nSPS) is 25.1. The van der Waals surface area contributed by atoms with Gasteiger partial charge in [0.25, 0.3) is 0 Å². The number of ether oxygens (including phenoxy) is 1. The van der Waals surface area contributed by atoms with Gasteiger partial charge in [-0.3, -0.25) is 0 Å². The van der Waals surface area contributed by atoms with E-state index in [2.05, 4.69) is 23.7 Å². The first-order chi connectivity index (χ1) is 7.79. The molecule has 1 fully saturated rings. The average Bonchev–Trinajstić information content (AvgIpc) is 2.89. The zero-order chi connectivity index (χ0) is 11.4. The third-order valence-corrected chi connectivity index (χ3v) is 4.11. The largest absolute Gasteiger partial charge is 0.372 e. The smallest absolute Gasteiger partial charge is 0.0704 e. The Morgan fingerprint density at radius 3 is 2.94 bits per heavy atom. The lowest BCUT2D eigenvalue weighted by Gasteiger charge is -2.13. The molecule has 0 aromatic carbocycles. The predicted octanol–water partition coefficient (Wildman–Crippen LogP) is 1.65. The van der Waals surface area contributed by atoms with Gasteiger partial charge >= 0.3 is 0 Å². The molecule has 0 spiro atoms. The highest BCUT2D eigenvalue weighted by atomic mass is 32.1. The minimum absolute atomic E-state index is 0.287. The first kappa shape index (κ1) is 12.0. The maximum atomic E-state index is 5.78. The van der Waals surface area contributed by atoms with Crippen molar-refractivity contribution in [2.45, 2.75) is 38.5 Å². The molecule has 1 aromatic heterocycles. The Morgan fingerprint density at radius 1 is 1.50 bits per heavy atom. The summed E-state index contributed by atoms with van der Waals surface area (Å²) in [7, 11) is 0. The second-order valence-electron chi connectivity index (χ2n) is 4.35. The second-order valence-corrected chi connectivity index (χ2v) is 5.35. The van der Waals surface area contributed by atoms with Crippen LogP contribution >= 0.6 is 11.3 Å². The van der Waals surface area contributed by atoms with Crippen molar-refractivity contribution in [1.82, 2.24) is 5.32 Å². The topological polar surface area (TPSA) is 47.3 Å². The van der Waals surface area contributed by atoms with E-state index in [0.29, 0.717) is 12.6 Å². The van der Waals surface area contributed by atoms with Gasteiger partial charge in [0.05, 0.1) is 12.2 Å². The molecule has 2 unspecified atom stereocenters. The van der Waals surface area contributed by atoms with E-state index in [1.54, 1.807) is 0 Å². The first-order valence-corrected chi connectivity index (χ1v) is 6.76. The third-order valence-electron chi connectivity index (χ3n) is 3.08. The lowest BCUT2D eigenvalue weighted by Crippen LogP contribution is -2.28. The van der Waals surface area contributed by atoms with E-state index >= 15 is 0 Å². The molecule has 90 valence electrons. The molecule has 3 N–H and O–H groups in total. The quantitative estimate of drug-likeness (QED) is 0.823. The highest BCUT2D eigenvalue weighted by Gasteiger charge is 2.23. The predicted molar refractivity (Wildman–Crippen MR) is 67.7 cm³/mol. The van der Waals surface area contributed by atoms with Gasteiger partial charge in [0.1, 0.15) is 0 Å². The highest BCUT2D eigenvalue weighted by molar-refractivity contribution is 7.10. The van der Waals surface area contributed by atoms with Crippen molar-refractivity contribution in [3.8, 4) is 0 Å². The Labute approximate surface area is 101 Å². The number of hydrogen-bond donors (Lipinski definition) is 2. The van der Waals surface area contributed by atoms with Crippen molar-refractivity contribution >= 4 is 11.3 Å². The van der Waals surface area contributed by atoms with Crippen LogP contribution in [0.15, 0.2) is 11.4 Å². The number of aryl methyl sites for hydroxylation is 1. The Bertz CT molecular complexity index is 327. The van der Waals surface area contributed by atoms with Gasteiger partial charge in [-0.1, -0.05) is 0 Å². The fraction of sp³-hybridized carbons (Fsp3) is 0.667. The van der Waals surface area contributed by atoms with Crippen molar-refractivity contribution in [2.24, 2.45) is 5.73 Å². The maximum absolute atomic E-state index is 5.78. The minimum atomic E-state index is 0.287. The van der Waals surface area contributed by atoms with E-state index in [4.69, 9.17) is 10.5 Å². The van der Waals surface area contributed by atoms with Crippen LogP contribution in [0, 0.1) is 6.92 Å². The van der Waals surface area contributed by atoms with Crippen LogP contribution in [0.25, 0.3) is 0 Å². The fourth-order valence-electron chi connectivity index (χ4n) is 2.04. The van der Waals surface area contributed by atoms with Crippen LogP contribution in [0.3, 0.4) is 0 Å². The monoisotopic (exact) mass is 240 g/mol. The fourth-order valence-corrected chi connectivity index (χ4v) is 2.91. The van der Waals surface area contributed by atoms with Gasteiger partial charge in [-0.25, -0.2) is 0 Å². The molecule has 0 amide bonds. The molecular weight excluding hydrogens is 220 g/mol. The van der Waals surface area contributed by atoms with E-state index in [1.807, 2.05) is 11.3 Å². The van der Waals surface area contributed by atoms with Crippen molar-refractivity contribution in [1.29, 1.82) is 0 Å². The summed E-state index contributed by atoms with van der Waals surface area (Å²) in [6, 6.07) is 2.16. The van der Waals surface area contributed by atoms with Gasteiger partial charge in [-0.2, -0.15) is 0 Å². The summed E-state index contributed by atoms with van der Waals surface area (Å²) in [4.78, 5) is 1.42. The SMILES string of the molecule is Cc1ccsc1CNCC1CCC(CN)O1. The third kappa shape index (κ3) is 3.04. The summed E-state index contributed by atoms with van der Waals surface area (Å²) in [5.41, 5.74) is 6.96. The molecule has 0 bridgehead atoms. The molecule has 1 aromatic rings. The average molecular weight is 240 g/mol. The van der Waals surface area contributed by atoms with Crippen molar-refractivity contribution in [3.05, 3.63) is 21.9 Å². The van der Waals surface area contributed by atoms with E-state index in [0.717, 1.165) is 25.9 Å². The van der Waals surface area contributed by atoms with Gasteiger partial charge in [0, 0.05) is 24.5 Å². The van der Waals surface area contributed by atoms with Crippen molar-refractivity contribution in [3.63, 3.8) is 0 Å². The van der Waals surface area contributed by atoms with Gasteiger partial charge in [0.2, 0.25) is 0 Å². The molecular formula is C12H20N2OS. The Balaban J connectivity index is 1.67. The number of hydrogen-bond acceptors (Lipinski definition) is 4. The molecule has 1 aliphatic heterocycles. The summed E-state index contributed by atoms with van der Waals surface area (Å²) in [5.74, 6) is 0. The molecule has 2 rings (SSSR count). The van der Waals surface area contributed by atoms with E-state index in [-0.39, 0.29) is 6.10 Å². The van der Waals surface area contributed by atoms with Gasteiger partial charge in [0.15, 0.2) is 0 Å². The Morgan fingerprint density at radius 2 is 2.31 bits per heavy atom. The molecule has 2 atom stereocenters. The van der Waals surface area contributed by atoms with Crippen LogP contribution in [0.5, 0.6) is 0 Å². The van der Waals surface area contributed by atoms with Crippen LogP contribution in [0.2, 0.25) is 0 Å². The highest BCUT2D eigenvalue weighted by Crippen LogP contribution is 2.19. The molecule has 0 aliphatic carbocycles. The van der Waals surface area contributed by atoms with Gasteiger partial charge in [-0.15, -0.1) is 11.3 Å². The van der Waals surface area contributed by atoms with Crippen LogP contribution in [-0.4, -0.2) is 25.3 Å². The minimum Gasteiger partial charge on any atom is -0.372 e. The second kappa shape index (κ2) is 5.77. The lowest BCUT2D eigenvalue weighted by atomic mass is 10.2. The zero-order valence-corrected chi connectivity index (χ0v) is 10.6. The van der Waals surface area contributed by atoms with Gasteiger partial charge < -0.3 is 15.8 Å². The van der Waals surface area contributed by atoms with E-state index in [1.165, 1.54) is 10.4 Å². The zero-order valence-electron chi connectivity index (χ0n) is 9.74. The molecule has 0 radical (unpaired) electrons. The van der Waals surface area contributed by atoms with E-state index in [9.17, 15) is 0 Å². The van der Waals surface area contributed by atoms with Crippen LogP contribution in [0.1, 0.15) is 23.3 Å².